The number of carbonyl (C=O) groups is 2. The van der Waals surface area contributed by atoms with E-state index in [0.29, 0.717) is 50.5 Å². The van der Waals surface area contributed by atoms with E-state index in [1.807, 2.05) is 50.2 Å². The highest BCUT2D eigenvalue weighted by Crippen LogP contribution is 2.27. The van der Waals surface area contributed by atoms with Crippen LogP contribution in [0.5, 0.6) is 5.75 Å². The van der Waals surface area contributed by atoms with Gasteiger partial charge in [-0.15, -0.1) is 0 Å². The predicted octanol–water partition coefficient (Wildman–Crippen LogP) is 4.05. The van der Waals surface area contributed by atoms with Crippen molar-refractivity contribution in [3.8, 4) is 5.75 Å². The molecule has 39 heavy (non-hydrogen) atoms. The molecule has 1 aromatic heterocycles. The van der Waals surface area contributed by atoms with Crippen LogP contribution in [-0.4, -0.2) is 57.3 Å². The summed E-state index contributed by atoms with van der Waals surface area (Å²) in [7, 11) is -3.98. The first-order valence-electron chi connectivity index (χ1n) is 13.0. The minimum Gasteiger partial charge on any atom is -0.494 e. The quantitative estimate of drug-likeness (QED) is 0.296. The van der Waals surface area contributed by atoms with Crippen molar-refractivity contribution in [3.05, 3.63) is 63.8 Å². The summed E-state index contributed by atoms with van der Waals surface area (Å²) in [6.45, 7) is 5.21. The lowest BCUT2D eigenvalue weighted by molar-refractivity contribution is -0.127. The number of aromatic amines is 1. The van der Waals surface area contributed by atoms with Gasteiger partial charge in [-0.2, -0.15) is 0 Å². The molecule has 2 aromatic carbocycles. The van der Waals surface area contributed by atoms with Crippen molar-refractivity contribution >= 4 is 44.3 Å². The molecule has 0 saturated carbocycles. The Kier molecular flexibility index (Phi) is 9.53. The van der Waals surface area contributed by atoms with Crippen molar-refractivity contribution in [3.63, 3.8) is 0 Å². The third-order valence-electron chi connectivity index (χ3n) is 6.80. The van der Waals surface area contributed by atoms with E-state index in [4.69, 9.17) is 21.1 Å². The second-order valence-corrected chi connectivity index (χ2v) is 12.0. The molecule has 0 radical (unpaired) electrons. The molecule has 1 fully saturated rings. The van der Waals surface area contributed by atoms with Gasteiger partial charge in [-0.1, -0.05) is 29.8 Å². The van der Waals surface area contributed by atoms with E-state index >= 15 is 0 Å². The smallest absolute Gasteiger partial charge is 0.281 e. The number of aryl methyl sites for hydroxylation is 3. The number of hydrogen-bond acceptors (Lipinski definition) is 6. The first-order valence-corrected chi connectivity index (χ1v) is 15.1. The number of para-hydroxylation sites is 1. The molecule has 1 aliphatic heterocycles. The molecule has 3 N–H and O–H groups in total. The van der Waals surface area contributed by atoms with Gasteiger partial charge in [0, 0.05) is 41.6 Å². The Morgan fingerprint density at radius 1 is 1.13 bits per heavy atom. The minimum absolute atomic E-state index is 0.0840. The summed E-state index contributed by atoms with van der Waals surface area (Å²) in [5, 5.41) is 4.22. The first kappa shape index (κ1) is 28.9. The normalized spacial score (nSPS) is 14.3. The van der Waals surface area contributed by atoms with Gasteiger partial charge in [0.15, 0.2) is 0 Å². The van der Waals surface area contributed by atoms with Crippen LogP contribution in [0, 0.1) is 19.8 Å². The summed E-state index contributed by atoms with van der Waals surface area (Å²) < 4.78 is 38.6. The maximum atomic E-state index is 13.1. The fourth-order valence-electron chi connectivity index (χ4n) is 4.74. The van der Waals surface area contributed by atoms with E-state index < -0.39 is 21.7 Å². The van der Waals surface area contributed by atoms with Gasteiger partial charge in [-0.05, 0) is 74.4 Å². The SMILES string of the molecule is Cc1cc(OCCCc2c(C(=O)NS(=O)(=O)CCNC(=O)C3CCOCC3)[nH]c3ccccc23)cc(C)c1Cl. The Morgan fingerprint density at radius 2 is 1.82 bits per heavy atom. The number of H-pyrrole nitrogens is 1. The van der Waals surface area contributed by atoms with Gasteiger partial charge in [0.25, 0.3) is 5.91 Å². The van der Waals surface area contributed by atoms with Crippen LogP contribution >= 0.6 is 11.6 Å². The van der Waals surface area contributed by atoms with E-state index in [1.54, 1.807) is 0 Å². The topological polar surface area (TPSA) is 127 Å². The van der Waals surface area contributed by atoms with Crippen molar-refractivity contribution in [1.29, 1.82) is 0 Å². The molecule has 2 heterocycles. The molecule has 3 aromatic rings. The van der Waals surface area contributed by atoms with Gasteiger partial charge >= 0.3 is 0 Å². The zero-order valence-electron chi connectivity index (χ0n) is 22.1. The second-order valence-electron chi connectivity index (χ2n) is 9.77. The molecule has 1 aliphatic rings. The summed E-state index contributed by atoms with van der Waals surface area (Å²) in [4.78, 5) is 28.4. The van der Waals surface area contributed by atoms with Crippen LogP contribution in [0.1, 0.15) is 46.4 Å². The molecule has 0 unspecified atom stereocenters. The van der Waals surface area contributed by atoms with Crippen molar-refractivity contribution in [2.45, 2.75) is 39.5 Å². The van der Waals surface area contributed by atoms with Crippen molar-refractivity contribution in [2.75, 3.05) is 32.1 Å². The number of benzene rings is 2. The summed E-state index contributed by atoms with van der Waals surface area (Å²) in [6.07, 6.45) is 2.33. The van der Waals surface area contributed by atoms with Crippen LogP contribution in [0.15, 0.2) is 36.4 Å². The molecular formula is C28H34ClN3O6S. The predicted molar refractivity (Wildman–Crippen MR) is 151 cm³/mol. The maximum absolute atomic E-state index is 13.1. The largest absolute Gasteiger partial charge is 0.494 e. The average molecular weight is 576 g/mol. The third kappa shape index (κ3) is 7.52. The van der Waals surface area contributed by atoms with Gasteiger partial charge in [0.1, 0.15) is 11.4 Å². The summed E-state index contributed by atoms with van der Waals surface area (Å²) in [5.74, 6) is -0.787. The van der Waals surface area contributed by atoms with Crippen LogP contribution in [0.3, 0.4) is 0 Å². The number of ether oxygens (including phenoxy) is 2. The zero-order valence-corrected chi connectivity index (χ0v) is 23.7. The van der Waals surface area contributed by atoms with Crippen LogP contribution in [-0.2, 0) is 26.0 Å². The molecule has 0 spiro atoms. The van der Waals surface area contributed by atoms with E-state index in [1.165, 1.54) is 0 Å². The molecule has 0 bridgehead atoms. The lowest BCUT2D eigenvalue weighted by atomic mass is 10.00. The van der Waals surface area contributed by atoms with Crippen LogP contribution in [0.25, 0.3) is 10.9 Å². The Bertz CT molecular complexity index is 1420. The maximum Gasteiger partial charge on any atom is 0.281 e. The first-order chi connectivity index (χ1) is 18.6. The van der Waals surface area contributed by atoms with E-state index in [2.05, 4.69) is 15.0 Å². The summed E-state index contributed by atoms with van der Waals surface area (Å²) >= 11 is 6.24. The van der Waals surface area contributed by atoms with E-state index in [-0.39, 0.29) is 24.1 Å². The molecule has 4 rings (SSSR count). The average Bonchev–Trinajstić information content (AvgIpc) is 3.28. The van der Waals surface area contributed by atoms with E-state index in [9.17, 15) is 18.0 Å². The molecular weight excluding hydrogens is 542 g/mol. The molecule has 210 valence electrons. The number of hydrogen-bond donors (Lipinski definition) is 3. The van der Waals surface area contributed by atoms with Gasteiger partial charge in [-0.3, -0.25) is 9.59 Å². The summed E-state index contributed by atoms with van der Waals surface area (Å²) in [6, 6.07) is 11.2. The highest BCUT2D eigenvalue weighted by atomic mass is 35.5. The highest BCUT2D eigenvalue weighted by molar-refractivity contribution is 7.90. The molecule has 11 heteroatoms. The molecule has 2 amide bonds. The van der Waals surface area contributed by atoms with Crippen LogP contribution < -0.4 is 14.8 Å². The molecule has 0 atom stereocenters. The van der Waals surface area contributed by atoms with Gasteiger partial charge < -0.3 is 19.8 Å². The Hall–Kier alpha value is -3.08. The van der Waals surface area contributed by atoms with Gasteiger partial charge in [0.05, 0.1) is 12.4 Å². The lowest BCUT2D eigenvalue weighted by Crippen LogP contribution is -2.40. The fraction of sp³-hybridized carbons (Fsp3) is 0.429. The number of carbonyl (C=O) groups excluding carboxylic acids is 2. The van der Waals surface area contributed by atoms with Crippen molar-refractivity contribution < 1.29 is 27.5 Å². The Balaban J connectivity index is 1.37. The number of rotatable bonds is 11. The Morgan fingerprint density at radius 3 is 2.54 bits per heavy atom. The summed E-state index contributed by atoms with van der Waals surface area (Å²) in [5.41, 5.74) is 3.53. The second kappa shape index (κ2) is 12.8. The number of fused-ring (bicyclic) bond motifs is 1. The number of halogens is 1. The number of amides is 2. The van der Waals surface area contributed by atoms with Gasteiger partial charge in [0.2, 0.25) is 15.9 Å². The molecule has 9 nitrogen and oxygen atoms in total. The highest BCUT2D eigenvalue weighted by Gasteiger charge is 2.24. The molecule has 0 aliphatic carbocycles. The van der Waals surface area contributed by atoms with Crippen molar-refractivity contribution in [1.82, 2.24) is 15.0 Å². The van der Waals surface area contributed by atoms with Crippen LogP contribution in [0.4, 0.5) is 0 Å². The molecule has 1 saturated heterocycles. The minimum atomic E-state index is -3.98. The van der Waals surface area contributed by atoms with Gasteiger partial charge in [-0.25, -0.2) is 13.1 Å². The monoisotopic (exact) mass is 575 g/mol. The van der Waals surface area contributed by atoms with E-state index in [0.717, 1.165) is 33.3 Å². The van der Waals surface area contributed by atoms with Crippen molar-refractivity contribution in [2.24, 2.45) is 5.92 Å². The van der Waals surface area contributed by atoms with Crippen LogP contribution in [0.2, 0.25) is 5.02 Å². The lowest BCUT2D eigenvalue weighted by Gasteiger charge is -2.21. The zero-order chi connectivity index (χ0) is 28.0. The fourth-order valence-corrected chi connectivity index (χ4v) is 5.70. The Labute approximate surface area is 233 Å². The third-order valence-corrected chi connectivity index (χ3v) is 8.63. The number of sulfonamides is 1. The number of aromatic nitrogens is 1. The standard InChI is InChI=1S/C28H34ClN3O6S/c1-18-16-21(17-19(2)25(18)29)38-12-5-7-23-22-6-3-4-8-24(22)31-26(23)28(34)32-39(35,36)15-11-30-27(33)20-9-13-37-14-10-20/h3-4,6,8,16-17,20,31H,5,7,9-15H2,1-2H3,(H,30,33)(H,32,34). The number of nitrogens with one attached hydrogen (secondary N) is 3.